The fourth-order valence-corrected chi connectivity index (χ4v) is 5.76. The molecular formula is C20H26O3. The van der Waals surface area contributed by atoms with E-state index in [2.05, 4.69) is 13.0 Å². The van der Waals surface area contributed by atoms with E-state index >= 15 is 0 Å². The van der Waals surface area contributed by atoms with Crippen LogP contribution in [0, 0.1) is 17.3 Å². The Hall–Kier alpha value is -1.35. The zero-order chi connectivity index (χ0) is 16.2. The summed E-state index contributed by atoms with van der Waals surface area (Å²) in [4.78, 5) is 12.6. The maximum absolute atomic E-state index is 12.6. The third kappa shape index (κ3) is 2.16. The fourth-order valence-electron chi connectivity index (χ4n) is 5.76. The van der Waals surface area contributed by atoms with Crippen LogP contribution < -0.4 is 0 Å². The molecule has 0 unspecified atom stereocenters. The number of aryl methyl sites for hydroxylation is 1. The Morgan fingerprint density at radius 2 is 2.13 bits per heavy atom. The van der Waals surface area contributed by atoms with E-state index in [0.29, 0.717) is 35.9 Å². The number of phenols is 1. The van der Waals surface area contributed by atoms with E-state index in [9.17, 15) is 9.90 Å². The average molecular weight is 314 g/mol. The molecule has 5 atom stereocenters. The molecule has 3 aliphatic rings. The first-order valence-electron chi connectivity index (χ1n) is 9.01. The molecule has 0 bridgehead atoms. The van der Waals surface area contributed by atoms with E-state index in [-0.39, 0.29) is 11.5 Å². The van der Waals surface area contributed by atoms with Crippen LogP contribution in [0.4, 0.5) is 0 Å². The van der Waals surface area contributed by atoms with Crippen LogP contribution in [0.3, 0.4) is 0 Å². The van der Waals surface area contributed by atoms with Crippen molar-refractivity contribution in [2.24, 2.45) is 17.3 Å². The Kier molecular flexibility index (Phi) is 3.53. The molecule has 23 heavy (non-hydrogen) atoms. The van der Waals surface area contributed by atoms with E-state index in [4.69, 9.17) is 4.74 Å². The van der Waals surface area contributed by atoms with Gasteiger partial charge in [-0.25, -0.2) is 0 Å². The summed E-state index contributed by atoms with van der Waals surface area (Å²) in [6.45, 7) is 4.91. The Labute approximate surface area is 138 Å². The molecule has 1 aromatic carbocycles. The summed E-state index contributed by atoms with van der Waals surface area (Å²) in [5, 5.41) is 9.80. The normalized spacial score (nSPS) is 38.8. The van der Waals surface area contributed by atoms with Crippen molar-refractivity contribution >= 4 is 5.78 Å². The number of ether oxygens (including phenoxy) is 1. The Morgan fingerprint density at radius 1 is 1.30 bits per heavy atom. The van der Waals surface area contributed by atoms with Crippen molar-refractivity contribution < 1.29 is 14.6 Å². The van der Waals surface area contributed by atoms with Gasteiger partial charge in [0.05, 0.1) is 6.10 Å². The second-order valence-electron chi connectivity index (χ2n) is 7.80. The number of hydrogen-bond acceptors (Lipinski definition) is 3. The Morgan fingerprint density at radius 3 is 2.91 bits per heavy atom. The van der Waals surface area contributed by atoms with Crippen LogP contribution in [0.5, 0.6) is 5.75 Å². The van der Waals surface area contributed by atoms with Crippen molar-refractivity contribution in [3.63, 3.8) is 0 Å². The van der Waals surface area contributed by atoms with E-state index in [0.717, 1.165) is 32.1 Å². The number of Topliss-reactive ketones (excluding diaryl/α,β-unsaturated/α-hetero) is 1. The zero-order valence-corrected chi connectivity index (χ0v) is 14.0. The summed E-state index contributed by atoms with van der Waals surface area (Å²) in [7, 11) is 0. The largest absolute Gasteiger partial charge is 0.508 e. The molecular weight excluding hydrogens is 288 g/mol. The molecule has 0 aliphatic heterocycles. The van der Waals surface area contributed by atoms with Gasteiger partial charge in [0, 0.05) is 24.4 Å². The predicted octanol–water partition coefficient (Wildman–Crippen LogP) is 3.83. The summed E-state index contributed by atoms with van der Waals surface area (Å²) in [6.07, 6.45) is 4.88. The highest BCUT2D eigenvalue weighted by atomic mass is 16.5. The van der Waals surface area contributed by atoms with Crippen LogP contribution in [-0.4, -0.2) is 23.6 Å². The molecule has 0 spiro atoms. The highest BCUT2D eigenvalue weighted by molar-refractivity contribution is 5.87. The first-order valence-corrected chi connectivity index (χ1v) is 9.01. The first kappa shape index (κ1) is 15.2. The molecule has 3 aliphatic carbocycles. The number of ketones is 1. The highest BCUT2D eigenvalue weighted by Crippen LogP contribution is 2.60. The molecule has 2 saturated carbocycles. The number of carbonyl (C=O) groups excluding carboxylic acids is 1. The monoisotopic (exact) mass is 314 g/mol. The molecule has 0 aromatic heterocycles. The standard InChI is InChI=1S/C20H26O3/c1-3-23-17-11-20(2)16(8-9-18(20)22)15-6-4-12-10-13(21)5-7-14(12)19(15)17/h5,7,10,15-17,19,21H,3-4,6,8-9,11H2,1-2H3/t15-,16-,17-,19+,20-/m0/s1. The number of benzene rings is 1. The summed E-state index contributed by atoms with van der Waals surface area (Å²) in [6, 6.07) is 5.81. The van der Waals surface area contributed by atoms with Crippen molar-refractivity contribution in [3.8, 4) is 5.75 Å². The smallest absolute Gasteiger partial charge is 0.139 e. The van der Waals surface area contributed by atoms with Crippen LogP contribution in [0.2, 0.25) is 0 Å². The van der Waals surface area contributed by atoms with Gasteiger partial charge in [-0.05, 0) is 67.7 Å². The van der Waals surface area contributed by atoms with Gasteiger partial charge in [0.15, 0.2) is 0 Å². The average Bonchev–Trinajstić information content (AvgIpc) is 2.82. The summed E-state index contributed by atoms with van der Waals surface area (Å²) in [5.41, 5.74) is 2.43. The van der Waals surface area contributed by atoms with Crippen molar-refractivity contribution in [2.45, 2.75) is 58.0 Å². The lowest BCUT2D eigenvalue weighted by Gasteiger charge is -2.51. The molecule has 0 heterocycles. The van der Waals surface area contributed by atoms with Crippen molar-refractivity contribution in [3.05, 3.63) is 29.3 Å². The third-order valence-electron chi connectivity index (χ3n) is 6.76. The first-order chi connectivity index (χ1) is 11.0. The molecule has 1 N–H and O–H groups in total. The second kappa shape index (κ2) is 5.34. The molecule has 2 fully saturated rings. The van der Waals surface area contributed by atoms with E-state index in [1.165, 1.54) is 11.1 Å². The molecule has 0 amide bonds. The Balaban J connectivity index is 1.78. The molecule has 0 radical (unpaired) electrons. The number of rotatable bonds is 2. The lowest BCUT2D eigenvalue weighted by molar-refractivity contribution is -0.136. The van der Waals surface area contributed by atoms with Crippen LogP contribution in [-0.2, 0) is 16.0 Å². The van der Waals surface area contributed by atoms with Gasteiger partial charge in [-0.3, -0.25) is 4.79 Å². The molecule has 1 aromatic rings. The predicted molar refractivity (Wildman–Crippen MR) is 88.5 cm³/mol. The summed E-state index contributed by atoms with van der Waals surface area (Å²) >= 11 is 0. The summed E-state index contributed by atoms with van der Waals surface area (Å²) < 4.78 is 6.15. The van der Waals surface area contributed by atoms with Crippen LogP contribution in [0.25, 0.3) is 0 Å². The van der Waals surface area contributed by atoms with Gasteiger partial charge in [-0.15, -0.1) is 0 Å². The molecule has 4 rings (SSSR count). The summed E-state index contributed by atoms with van der Waals surface area (Å²) in [5.74, 6) is 2.21. The number of aromatic hydroxyl groups is 1. The quantitative estimate of drug-likeness (QED) is 0.902. The van der Waals surface area contributed by atoms with Crippen molar-refractivity contribution in [2.75, 3.05) is 6.61 Å². The van der Waals surface area contributed by atoms with Crippen molar-refractivity contribution in [1.82, 2.24) is 0 Å². The molecule has 0 saturated heterocycles. The lowest BCUT2D eigenvalue weighted by atomic mass is 9.54. The van der Waals surface area contributed by atoms with Gasteiger partial charge in [0.1, 0.15) is 11.5 Å². The molecule has 3 nitrogen and oxygen atoms in total. The minimum atomic E-state index is -0.185. The van der Waals surface area contributed by atoms with E-state index in [1.54, 1.807) is 6.07 Å². The van der Waals surface area contributed by atoms with Gasteiger partial charge in [-0.1, -0.05) is 13.0 Å². The van der Waals surface area contributed by atoms with E-state index in [1.807, 2.05) is 13.0 Å². The third-order valence-corrected chi connectivity index (χ3v) is 6.76. The molecule has 3 heteroatoms. The minimum Gasteiger partial charge on any atom is -0.508 e. The van der Waals surface area contributed by atoms with Gasteiger partial charge in [0.25, 0.3) is 0 Å². The number of fused-ring (bicyclic) bond motifs is 5. The SMILES string of the molecule is CCO[C@H]1C[C@]2(C)C(=O)CC[C@H]2[C@@H]2CCc3cc(O)ccc3[C@H]21. The van der Waals surface area contributed by atoms with Gasteiger partial charge in [-0.2, -0.15) is 0 Å². The van der Waals surface area contributed by atoms with Crippen LogP contribution >= 0.6 is 0 Å². The number of phenolic OH excluding ortho intramolecular Hbond substituents is 1. The second-order valence-corrected chi connectivity index (χ2v) is 7.80. The van der Waals surface area contributed by atoms with Crippen LogP contribution in [0.15, 0.2) is 18.2 Å². The minimum absolute atomic E-state index is 0.122. The zero-order valence-electron chi connectivity index (χ0n) is 14.0. The number of hydrogen-bond donors (Lipinski definition) is 1. The van der Waals surface area contributed by atoms with Gasteiger partial charge >= 0.3 is 0 Å². The van der Waals surface area contributed by atoms with Gasteiger partial charge < -0.3 is 9.84 Å². The number of carbonyl (C=O) groups is 1. The fraction of sp³-hybridized carbons (Fsp3) is 0.650. The lowest BCUT2D eigenvalue weighted by Crippen LogP contribution is -2.49. The van der Waals surface area contributed by atoms with Gasteiger partial charge in [0.2, 0.25) is 0 Å². The topological polar surface area (TPSA) is 46.5 Å². The highest BCUT2D eigenvalue weighted by Gasteiger charge is 2.58. The van der Waals surface area contributed by atoms with Crippen LogP contribution in [0.1, 0.15) is 56.6 Å². The maximum Gasteiger partial charge on any atom is 0.139 e. The molecule has 124 valence electrons. The Bertz CT molecular complexity index is 638. The maximum atomic E-state index is 12.6. The van der Waals surface area contributed by atoms with Crippen molar-refractivity contribution in [1.29, 1.82) is 0 Å². The van der Waals surface area contributed by atoms with E-state index < -0.39 is 0 Å².